The Morgan fingerprint density at radius 3 is 2.63 bits per heavy atom. The van der Waals surface area contributed by atoms with Gasteiger partial charge in [0, 0.05) is 12.6 Å². The zero-order valence-electron chi connectivity index (χ0n) is 11.9. The highest BCUT2D eigenvalue weighted by Crippen LogP contribution is 2.16. The first-order chi connectivity index (χ1) is 8.78. The number of likely N-dealkylation sites (tertiary alicyclic amines) is 1. The third kappa shape index (κ3) is 6.42. The number of rotatable bonds is 4. The fourth-order valence-electron chi connectivity index (χ4n) is 2.19. The molecule has 0 aromatic heterocycles. The lowest BCUT2D eigenvalue weighted by molar-refractivity contribution is -0.139. The number of aliphatic carboxylic acids is 1. The van der Waals surface area contributed by atoms with E-state index in [1.807, 2.05) is 25.7 Å². The molecule has 0 aliphatic carbocycles. The molecule has 1 aliphatic rings. The second-order valence-corrected chi connectivity index (χ2v) is 5.90. The summed E-state index contributed by atoms with van der Waals surface area (Å²) in [6.07, 6.45) is 2.53. The van der Waals surface area contributed by atoms with E-state index in [0.717, 1.165) is 25.8 Å². The fourth-order valence-corrected chi connectivity index (χ4v) is 2.19. The molecule has 1 atom stereocenters. The van der Waals surface area contributed by atoms with Gasteiger partial charge in [-0.2, -0.15) is 0 Å². The van der Waals surface area contributed by atoms with E-state index in [9.17, 15) is 9.59 Å². The fraction of sp³-hybridized carbons (Fsp3) is 0.846. The molecule has 19 heavy (non-hydrogen) atoms. The Morgan fingerprint density at radius 1 is 1.37 bits per heavy atom. The van der Waals surface area contributed by atoms with Crippen LogP contribution in [0.5, 0.6) is 0 Å². The highest BCUT2D eigenvalue weighted by Gasteiger charge is 2.25. The summed E-state index contributed by atoms with van der Waals surface area (Å²) in [5.41, 5.74) is -0.516. The maximum Gasteiger partial charge on any atom is 0.407 e. The zero-order chi connectivity index (χ0) is 14.5. The standard InChI is InChI=1S/C13H24N2O4/c1-13(2,3)19-12(18)14-8-10-6-4-5-7-15(10)9-11(16)17/h10H,4-9H2,1-3H3,(H,14,18)(H,16,17)/t10-/m0/s1. The van der Waals surface area contributed by atoms with Crippen LogP contribution >= 0.6 is 0 Å². The molecular weight excluding hydrogens is 248 g/mol. The van der Waals surface area contributed by atoms with Gasteiger partial charge >= 0.3 is 12.1 Å². The average molecular weight is 272 g/mol. The number of carbonyl (C=O) groups excluding carboxylic acids is 1. The second-order valence-electron chi connectivity index (χ2n) is 5.90. The van der Waals surface area contributed by atoms with Crippen LogP contribution in [0.15, 0.2) is 0 Å². The van der Waals surface area contributed by atoms with Gasteiger partial charge in [0.1, 0.15) is 5.60 Å². The number of hydrogen-bond donors (Lipinski definition) is 2. The quantitative estimate of drug-likeness (QED) is 0.810. The van der Waals surface area contributed by atoms with E-state index >= 15 is 0 Å². The van der Waals surface area contributed by atoms with E-state index in [2.05, 4.69) is 5.32 Å². The molecule has 6 heteroatoms. The van der Waals surface area contributed by atoms with Crippen molar-refractivity contribution in [3.63, 3.8) is 0 Å². The molecule has 1 heterocycles. The van der Waals surface area contributed by atoms with Crippen molar-refractivity contribution in [2.75, 3.05) is 19.6 Å². The van der Waals surface area contributed by atoms with Crippen LogP contribution in [0.1, 0.15) is 40.0 Å². The average Bonchev–Trinajstić information content (AvgIpc) is 2.24. The molecule has 1 saturated heterocycles. The van der Waals surface area contributed by atoms with Crippen LogP contribution in [-0.4, -0.2) is 53.3 Å². The predicted octanol–water partition coefficient (Wildman–Crippen LogP) is 1.45. The summed E-state index contributed by atoms with van der Waals surface area (Å²) in [7, 11) is 0. The maximum atomic E-state index is 11.6. The number of alkyl carbamates (subject to hydrolysis) is 1. The largest absolute Gasteiger partial charge is 0.480 e. The van der Waals surface area contributed by atoms with Gasteiger partial charge in [0.25, 0.3) is 0 Å². The summed E-state index contributed by atoms with van der Waals surface area (Å²) < 4.78 is 5.16. The monoisotopic (exact) mass is 272 g/mol. The van der Waals surface area contributed by atoms with Crippen molar-refractivity contribution >= 4 is 12.1 Å². The van der Waals surface area contributed by atoms with Gasteiger partial charge in [0.05, 0.1) is 6.54 Å². The SMILES string of the molecule is CC(C)(C)OC(=O)NC[C@@H]1CCCCN1CC(=O)O. The number of nitrogens with one attached hydrogen (secondary N) is 1. The number of carboxylic acid groups (broad SMARTS) is 1. The summed E-state index contributed by atoms with van der Waals surface area (Å²) in [5, 5.41) is 11.6. The highest BCUT2D eigenvalue weighted by molar-refractivity contribution is 5.69. The molecule has 0 aromatic carbocycles. The van der Waals surface area contributed by atoms with Gasteiger partial charge in [-0.1, -0.05) is 6.42 Å². The van der Waals surface area contributed by atoms with Crippen LogP contribution in [0, 0.1) is 0 Å². The van der Waals surface area contributed by atoms with Crippen molar-refractivity contribution < 1.29 is 19.4 Å². The van der Waals surface area contributed by atoms with Crippen LogP contribution in [0.3, 0.4) is 0 Å². The molecule has 1 amide bonds. The molecule has 0 spiro atoms. The topological polar surface area (TPSA) is 78.9 Å². The normalized spacial score (nSPS) is 20.9. The molecule has 1 aliphatic heterocycles. The van der Waals surface area contributed by atoms with Crippen molar-refractivity contribution in [1.82, 2.24) is 10.2 Å². The van der Waals surface area contributed by atoms with E-state index in [4.69, 9.17) is 9.84 Å². The van der Waals surface area contributed by atoms with Crippen molar-refractivity contribution in [3.8, 4) is 0 Å². The van der Waals surface area contributed by atoms with Crippen molar-refractivity contribution in [2.24, 2.45) is 0 Å². The molecule has 6 nitrogen and oxygen atoms in total. The molecule has 0 unspecified atom stereocenters. The number of carbonyl (C=O) groups is 2. The molecule has 0 bridgehead atoms. The number of carboxylic acids is 1. The van der Waals surface area contributed by atoms with Gasteiger partial charge in [-0.15, -0.1) is 0 Å². The highest BCUT2D eigenvalue weighted by atomic mass is 16.6. The van der Waals surface area contributed by atoms with Crippen molar-refractivity contribution in [3.05, 3.63) is 0 Å². The molecular formula is C13H24N2O4. The number of hydrogen-bond acceptors (Lipinski definition) is 4. The Kier molecular flexibility index (Phi) is 5.60. The van der Waals surface area contributed by atoms with Gasteiger partial charge in [-0.05, 0) is 40.2 Å². The first-order valence-corrected chi connectivity index (χ1v) is 6.70. The number of piperidine rings is 1. The minimum atomic E-state index is -0.829. The zero-order valence-corrected chi connectivity index (χ0v) is 11.9. The van der Waals surface area contributed by atoms with Crippen LogP contribution in [0.2, 0.25) is 0 Å². The first-order valence-electron chi connectivity index (χ1n) is 6.70. The molecule has 0 radical (unpaired) electrons. The Bertz CT molecular complexity index is 325. The molecule has 2 N–H and O–H groups in total. The Morgan fingerprint density at radius 2 is 2.05 bits per heavy atom. The third-order valence-electron chi connectivity index (χ3n) is 2.97. The second kappa shape index (κ2) is 6.75. The van der Waals surface area contributed by atoms with Gasteiger partial charge < -0.3 is 15.2 Å². The Balaban J connectivity index is 2.40. The molecule has 110 valence electrons. The van der Waals surface area contributed by atoms with Crippen molar-refractivity contribution in [1.29, 1.82) is 0 Å². The lowest BCUT2D eigenvalue weighted by Gasteiger charge is -2.34. The minimum Gasteiger partial charge on any atom is -0.480 e. The predicted molar refractivity (Wildman–Crippen MR) is 71.1 cm³/mol. The third-order valence-corrected chi connectivity index (χ3v) is 2.97. The van der Waals surface area contributed by atoms with E-state index < -0.39 is 17.7 Å². The van der Waals surface area contributed by atoms with E-state index in [1.54, 1.807) is 0 Å². The summed E-state index contributed by atoms with van der Waals surface area (Å²) in [6.45, 7) is 6.66. The van der Waals surface area contributed by atoms with Crippen LogP contribution in [0.4, 0.5) is 4.79 Å². The van der Waals surface area contributed by atoms with Gasteiger partial charge in [0.2, 0.25) is 0 Å². The molecule has 1 rings (SSSR count). The van der Waals surface area contributed by atoms with Crippen LogP contribution in [0.25, 0.3) is 0 Å². The van der Waals surface area contributed by atoms with Gasteiger partial charge in [-0.3, -0.25) is 9.69 Å². The minimum absolute atomic E-state index is 0.0284. The summed E-state index contributed by atoms with van der Waals surface area (Å²) in [6, 6.07) is 0.0809. The van der Waals surface area contributed by atoms with E-state index in [-0.39, 0.29) is 12.6 Å². The molecule has 0 aromatic rings. The summed E-state index contributed by atoms with van der Waals surface area (Å²) in [4.78, 5) is 24.3. The molecule has 0 saturated carbocycles. The first kappa shape index (κ1) is 15.8. The van der Waals surface area contributed by atoms with E-state index in [0.29, 0.717) is 6.54 Å². The lowest BCUT2D eigenvalue weighted by atomic mass is 10.0. The smallest absolute Gasteiger partial charge is 0.407 e. The van der Waals surface area contributed by atoms with Gasteiger partial charge in [-0.25, -0.2) is 4.79 Å². The maximum absolute atomic E-state index is 11.6. The van der Waals surface area contributed by atoms with Crippen LogP contribution < -0.4 is 5.32 Å². The summed E-state index contributed by atoms with van der Waals surface area (Å²) in [5.74, 6) is -0.829. The van der Waals surface area contributed by atoms with Crippen LogP contribution in [-0.2, 0) is 9.53 Å². The number of amides is 1. The summed E-state index contributed by atoms with van der Waals surface area (Å²) >= 11 is 0. The molecule has 1 fully saturated rings. The Labute approximate surface area is 114 Å². The van der Waals surface area contributed by atoms with Crippen molar-refractivity contribution in [2.45, 2.75) is 51.7 Å². The number of ether oxygens (including phenoxy) is 1. The van der Waals surface area contributed by atoms with Gasteiger partial charge in [0.15, 0.2) is 0 Å². The number of nitrogens with zero attached hydrogens (tertiary/aromatic N) is 1. The lowest BCUT2D eigenvalue weighted by Crippen LogP contribution is -2.49. The Hall–Kier alpha value is -1.30. The van der Waals surface area contributed by atoms with E-state index in [1.165, 1.54) is 0 Å².